The number of para-hydroxylation sites is 1. The van der Waals surface area contributed by atoms with E-state index in [1.165, 1.54) is 10.6 Å². The number of carboxylic acids is 1. The Hall–Kier alpha value is -2.08. The standard InChI is InChI=1S/C13H14N2O4/c16-12(17)9-4-1-5-10-11(9)15(13(18)14-10)7-8-3-2-6-19-8/h1,4-5,8H,2-3,6-7H2,(H,14,18)(H,16,17). The number of hydrogen-bond donors (Lipinski definition) is 2. The van der Waals surface area contributed by atoms with Crippen molar-refractivity contribution in [3.63, 3.8) is 0 Å². The molecular weight excluding hydrogens is 248 g/mol. The van der Waals surface area contributed by atoms with Crippen LogP contribution in [0.1, 0.15) is 23.2 Å². The van der Waals surface area contributed by atoms with Crippen molar-refractivity contribution in [1.29, 1.82) is 0 Å². The van der Waals surface area contributed by atoms with Crippen LogP contribution in [0.25, 0.3) is 11.0 Å². The molecule has 0 bridgehead atoms. The van der Waals surface area contributed by atoms with Gasteiger partial charge in [0.15, 0.2) is 0 Å². The minimum absolute atomic E-state index is 0.0152. The molecule has 6 heteroatoms. The molecule has 0 spiro atoms. The number of benzene rings is 1. The first-order valence-corrected chi connectivity index (χ1v) is 6.23. The average molecular weight is 262 g/mol. The normalized spacial score (nSPS) is 19.1. The van der Waals surface area contributed by atoms with E-state index in [9.17, 15) is 14.7 Å². The van der Waals surface area contributed by atoms with Crippen molar-refractivity contribution in [3.8, 4) is 0 Å². The zero-order chi connectivity index (χ0) is 13.4. The number of aromatic carboxylic acids is 1. The van der Waals surface area contributed by atoms with Gasteiger partial charge in [-0.25, -0.2) is 9.59 Å². The summed E-state index contributed by atoms with van der Waals surface area (Å²) in [5, 5.41) is 9.22. The number of nitrogens with one attached hydrogen (secondary N) is 1. The Labute approximate surface area is 108 Å². The van der Waals surface area contributed by atoms with Crippen LogP contribution in [0.5, 0.6) is 0 Å². The van der Waals surface area contributed by atoms with Gasteiger partial charge in [0.25, 0.3) is 0 Å². The molecule has 1 aliphatic rings. The molecule has 2 aromatic rings. The van der Waals surface area contributed by atoms with Gasteiger partial charge in [0.2, 0.25) is 0 Å². The van der Waals surface area contributed by atoms with E-state index in [0.29, 0.717) is 24.2 Å². The maximum atomic E-state index is 12.0. The summed E-state index contributed by atoms with van der Waals surface area (Å²) in [4.78, 5) is 25.9. The van der Waals surface area contributed by atoms with Gasteiger partial charge in [0.05, 0.1) is 29.2 Å². The topological polar surface area (TPSA) is 84.3 Å². The number of fused-ring (bicyclic) bond motifs is 1. The van der Waals surface area contributed by atoms with Crippen LogP contribution in [-0.2, 0) is 11.3 Å². The van der Waals surface area contributed by atoms with E-state index in [1.807, 2.05) is 0 Å². The first-order chi connectivity index (χ1) is 9.16. The first-order valence-electron chi connectivity index (χ1n) is 6.23. The van der Waals surface area contributed by atoms with Crippen molar-refractivity contribution in [2.24, 2.45) is 0 Å². The van der Waals surface area contributed by atoms with Crippen molar-refractivity contribution in [2.75, 3.05) is 6.61 Å². The van der Waals surface area contributed by atoms with Crippen molar-refractivity contribution >= 4 is 17.0 Å². The van der Waals surface area contributed by atoms with E-state index in [1.54, 1.807) is 12.1 Å². The van der Waals surface area contributed by atoms with Crippen molar-refractivity contribution < 1.29 is 14.6 Å². The van der Waals surface area contributed by atoms with E-state index < -0.39 is 5.97 Å². The molecule has 0 saturated carbocycles. The summed E-state index contributed by atoms with van der Waals surface area (Å²) >= 11 is 0. The van der Waals surface area contributed by atoms with Crippen molar-refractivity contribution in [1.82, 2.24) is 9.55 Å². The van der Waals surface area contributed by atoms with Crippen LogP contribution in [0.3, 0.4) is 0 Å². The molecule has 0 aliphatic carbocycles. The van der Waals surface area contributed by atoms with Crippen molar-refractivity contribution in [3.05, 3.63) is 34.2 Å². The number of H-pyrrole nitrogens is 1. The molecule has 0 radical (unpaired) electrons. The van der Waals surface area contributed by atoms with Crippen LogP contribution in [0.2, 0.25) is 0 Å². The smallest absolute Gasteiger partial charge is 0.337 e. The maximum absolute atomic E-state index is 12.0. The third-order valence-electron chi connectivity index (χ3n) is 3.43. The van der Waals surface area contributed by atoms with E-state index in [0.717, 1.165) is 12.8 Å². The Morgan fingerprint density at radius 2 is 2.37 bits per heavy atom. The molecule has 1 unspecified atom stereocenters. The number of carbonyl (C=O) groups is 1. The average Bonchev–Trinajstić information content (AvgIpc) is 2.98. The lowest BCUT2D eigenvalue weighted by molar-refractivity contribution is 0.0697. The molecule has 6 nitrogen and oxygen atoms in total. The Morgan fingerprint density at radius 3 is 3.05 bits per heavy atom. The highest BCUT2D eigenvalue weighted by Crippen LogP contribution is 2.19. The maximum Gasteiger partial charge on any atom is 0.337 e. The summed E-state index contributed by atoms with van der Waals surface area (Å²) in [5.41, 5.74) is 0.825. The fourth-order valence-electron chi connectivity index (χ4n) is 2.56. The van der Waals surface area contributed by atoms with Gasteiger partial charge in [-0.05, 0) is 25.0 Å². The fraction of sp³-hybridized carbons (Fsp3) is 0.385. The molecule has 1 aromatic carbocycles. The zero-order valence-corrected chi connectivity index (χ0v) is 10.3. The summed E-state index contributed by atoms with van der Waals surface area (Å²) in [7, 11) is 0. The third-order valence-corrected chi connectivity index (χ3v) is 3.43. The van der Waals surface area contributed by atoms with Crippen LogP contribution in [0.4, 0.5) is 0 Å². The van der Waals surface area contributed by atoms with Gasteiger partial charge in [-0.2, -0.15) is 0 Å². The number of imidazole rings is 1. The molecule has 1 aromatic heterocycles. The Morgan fingerprint density at radius 1 is 1.53 bits per heavy atom. The number of hydrogen-bond acceptors (Lipinski definition) is 3. The van der Waals surface area contributed by atoms with Gasteiger partial charge in [-0.15, -0.1) is 0 Å². The first kappa shape index (κ1) is 12.0. The monoisotopic (exact) mass is 262 g/mol. The summed E-state index contributed by atoms with van der Waals surface area (Å²) in [6.45, 7) is 1.09. The van der Waals surface area contributed by atoms with Gasteiger partial charge in [0, 0.05) is 6.61 Å². The van der Waals surface area contributed by atoms with Crippen molar-refractivity contribution in [2.45, 2.75) is 25.5 Å². The summed E-state index contributed by atoms with van der Waals surface area (Å²) in [6, 6.07) is 4.83. The SMILES string of the molecule is O=C(O)c1cccc2[nH]c(=O)n(CC3CCCO3)c12. The minimum atomic E-state index is -1.04. The molecule has 1 saturated heterocycles. The van der Waals surface area contributed by atoms with Gasteiger partial charge in [0.1, 0.15) is 0 Å². The molecule has 1 atom stereocenters. The molecule has 2 N–H and O–H groups in total. The highest BCUT2D eigenvalue weighted by Gasteiger charge is 2.21. The van der Waals surface area contributed by atoms with Crippen LogP contribution in [0.15, 0.2) is 23.0 Å². The quantitative estimate of drug-likeness (QED) is 0.870. The van der Waals surface area contributed by atoms with Gasteiger partial charge in [-0.1, -0.05) is 6.07 Å². The summed E-state index contributed by atoms with van der Waals surface area (Å²) in [5.74, 6) is -1.04. The zero-order valence-electron chi connectivity index (χ0n) is 10.3. The predicted molar refractivity (Wildman–Crippen MR) is 68.5 cm³/mol. The molecule has 3 rings (SSSR count). The number of aromatic amines is 1. The molecular formula is C13H14N2O4. The lowest BCUT2D eigenvalue weighted by atomic mass is 10.1. The summed E-state index contributed by atoms with van der Waals surface area (Å²) in [6.07, 6.45) is 1.86. The highest BCUT2D eigenvalue weighted by molar-refractivity contribution is 6.01. The largest absolute Gasteiger partial charge is 0.478 e. The fourth-order valence-corrected chi connectivity index (χ4v) is 2.56. The third kappa shape index (κ3) is 2.04. The number of ether oxygens (including phenoxy) is 1. The van der Waals surface area contributed by atoms with Crippen LogP contribution >= 0.6 is 0 Å². The second-order valence-corrected chi connectivity index (χ2v) is 4.68. The summed E-state index contributed by atoms with van der Waals surface area (Å²) < 4.78 is 6.98. The van der Waals surface area contributed by atoms with Crippen LogP contribution < -0.4 is 5.69 Å². The second-order valence-electron chi connectivity index (χ2n) is 4.68. The Kier molecular flexibility index (Phi) is 2.87. The molecule has 0 amide bonds. The number of carboxylic acid groups (broad SMARTS) is 1. The van der Waals surface area contributed by atoms with Crippen LogP contribution in [0, 0.1) is 0 Å². The lowest BCUT2D eigenvalue weighted by Crippen LogP contribution is -2.24. The lowest BCUT2D eigenvalue weighted by Gasteiger charge is -2.11. The second kappa shape index (κ2) is 4.55. The number of rotatable bonds is 3. The van der Waals surface area contributed by atoms with E-state index in [-0.39, 0.29) is 17.4 Å². The van der Waals surface area contributed by atoms with Gasteiger partial charge in [-0.3, -0.25) is 4.57 Å². The Bertz CT molecular complexity index is 679. The van der Waals surface area contributed by atoms with Crippen LogP contribution in [-0.4, -0.2) is 33.3 Å². The number of aromatic nitrogens is 2. The van der Waals surface area contributed by atoms with Gasteiger partial charge >= 0.3 is 11.7 Å². The molecule has 1 aliphatic heterocycles. The van der Waals surface area contributed by atoms with Gasteiger partial charge < -0.3 is 14.8 Å². The van der Waals surface area contributed by atoms with E-state index in [4.69, 9.17) is 4.74 Å². The molecule has 19 heavy (non-hydrogen) atoms. The molecule has 100 valence electrons. The van der Waals surface area contributed by atoms with E-state index in [2.05, 4.69) is 4.98 Å². The number of nitrogens with zero attached hydrogens (tertiary/aromatic N) is 1. The molecule has 1 fully saturated rings. The minimum Gasteiger partial charge on any atom is -0.478 e. The highest BCUT2D eigenvalue weighted by atomic mass is 16.5. The predicted octanol–water partition coefficient (Wildman–Crippen LogP) is 1.21. The molecule has 2 heterocycles. The Balaban J connectivity index is 2.13. The van der Waals surface area contributed by atoms with E-state index >= 15 is 0 Å².